The summed E-state index contributed by atoms with van der Waals surface area (Å²) in [4.78, 5) is 22.5. The second kappa shape index (κ2) is 10.1. The molecule has 1 atom stereocenters. The summed E-state index contributed by atoms with van der Waals surface area (Å²) < 4.78 is 16.3. The van der Waals surface area contributed by atoms with Gasteiger partial charge in [0.15, 0.2) is 6.10 Å². The lowest BCUT2D eigenvalue weighted by atomic mass is 10.2. The molecule has 27 heavy (non-hydrogen) atoms. The monoisotopic (exact) mass is 374 g/mol. The van der Waals surface area contributed by atoms with Gasteiger partial charge in [-0.25, -0.2) is 0 Å². The quantitative estimate of drug-likeness (QED) is 0.389. The van der Waals surface area contributed by atoms with E-state index in [1.807, 2.05) is 6.92 Å². The Bertz CT molecular complexity index is 763. The molecule has 0 saturated heterocycles. The van der Waals surface area contributed by atoms with Gasteiger partial charge >= 0.3 is 0 Å². The fourth-order valence-electron chi connectivity index (χ4n) is 2.17. The molecule has 0 fully saturated rings. The van der Waals surface area contributed by atoms with Crippen LogP contribution in [-0.4, -0.2) is 36.8 Å². The maximum atomic E-state index is 12.3. The molecule has 2 aromatic carbocycles. The average molecular weight is 374 g/mol. The second-order valence-electron chi connectivity index (χ2n) is 5.57. The molecule has 0 aromatic heterocycles. The highest BCUT2D eigenvalue weighted by Gasteiger charge is 2.16. The number of carbonyl (C=O) groups excluding carboxylic acids is 1. The molecule has 0 aliphatic rings. The van der Waals surface area contributed by atoms with E-state index in [-0.39, 0.29) is 11.6 Å². The first-order valence-electron chi connectivity index (χ1n) is 8.52. The van der Waals surface area contributed by atoms with Gasteiger partial charge in [-0.15, -0.1) is 0 Å². The average Bonchev–Trinajstić information content (AvgIpc) is 2.66. The summed E-state index contributed by atoms with van der Waals surface area (Å²) in [5.74, 6) is 0.646. The standard InChI is InChI=1S/C19H22N2O6/c1-3-25-11-12-26-18-6-4-5-15(13-18)20-19(22)14(2)27-17-9-7-16(8-10-17)21(23)24/h4-10,13-14H,3,11-12H2,1-2H3,(H,20,22). The zero-order valence-corrected chi connectivity index (χ0v) is 15.2. The second-order valence-corrected chi connectivity index (χ2v) is 5.57. The van der Waals surface area contributed by atoms with Crippen molar-refractivity contribution >= 4 is 17.3 Å². The van der Waals surface area contributed by atoms with Crippen LogP contribution in [0, 0.1) is 10.1 Å². The first-order chi connectivity index (χ1) is 13.0. The third kappa shape index (κ3) is 6.59. The van der Waals surface area contributed by atoms with Crippen molar-refractivity contribution in [3.63, 3.8) is 0 Å². The number of hydrogen-bond donors (Lipinski definition) is 1. The van der Waals surface area contributed by atoms with Crippen molar-refractivity contribution in [2.24, 2.45) is 0 Å². The summed E-state index contributed by atoms with van der Waals surface area (Å²) in [7, 11) is 0. The van der Waals surface area contributed by atoms with Crippen molar-refractivity contribution in [3.05, 3.63) is 58.6 Å². The summed E-state index contributed by atoms with van der Waals surface area (Å²) in [6.07, 6.45) is -0.783. The van der Waals surface area contributed by atoms with Crippen LogP contribution in [0.1, 0.15) is 13.8 Å². The molecular formula is C19H22N2O6. The van der Waals surface area contributed by atoms with E-state index in [9.17, 15) is 14.9 Å². The van der Waals surface area contributed by atoms with Crippen LogP contribution in [0.3, 0.4) is 0 Å². The lowest BCUT2D eigenvalue weighted by molar-refractivity contribution is -0.384. The van der Waals surface area contributed by atoms with Gasteiger partial charge in [0.2, 0.25) is 0 Å². The van der Waals surface area contributed by atoms with Crippen LogP contribution in [0.5, 0.6) is 11.5 Å². The molecule has 144 valence electrons. The highest BCUT2D eigenvalue weighted by Crippen LogP contribution is 2.20. The highest BCUT2D eigenvalue weighted by molar-refractivity contribution is 5.94. The molecular weight excluding hydrogens is 352 g/mol. The molecule has 0 aliphatic carbocycles. The Morgan fingerprint density at radius 1 is 1.15 bits per heavy atom. The molecule has 0 saturated carbocycles. The van der Waals surface area contributed by atoms with Crippen LogP contribution in [0.2, 0.25) is 0 Å². The van der Waals surface area contributed by atoms with Crippen molar-refractivity contribution in [2.75, 3.05) is 25.1 Å². The number of nitrogens with one attached hydrogen (secondary N) is 1. The number of rotatable bonds is 10. The zero-order chi connectivity index (χ0) is 19.6. The van der Waals surface area contributed by atoms with Gasteiger partial charge < -0.3 is 19.5 Å². The molecule has 0 bridgehead atoms. The fourth-order valence-corrected chi connectivity index (χ4v) is 2.17. The Hall–Kier alpha value is -3.13. The van der Waals surface area contributed by atoms with Gasteiger partial charge in [-0.05, 0) is 38.1 Å². The summed E-state index contributed by atoms with van der Waals surface area (Å²) in [6.45, 7) is 5.06. The zero-order valence-electron chi connectivity index (χ0n) is 15.2. The molecule has 8 nitrogen and oxygen atoms in total. The van der Waals surface area contributed by atoms with Crippen molar-refractivity contribution in [1.82, 2.24) is 0 Å². The molecule has 1 amide bonds. The van der Waals surface area contributed by atoms with Crippen LogP contribution in [0.25, 0.3) is 0 Å². The topological polar surface area (TPSA) is 99.9 Å². The number of carbonyl (C=O) groups is 1. The number of hydrogen-bond acceptors (Lipinski definition) is 6. The van der Waals surface area contributed by atoms with Crippen molar-refractivity contribution in [2.45, 2.75) is 20.0 Å². The van der Waals surface area contributed by atoms with Gasteiger partial charge in [-0.2, -0.15) is 0 Å². The number of benzene rings is 2. The number of nitro groups is 1. The minimum Gasteiger partial charge on any atom is -0.491 e. The van der Waals surface area contributed by atoms with Gasteiger partial charge in [-0.3, -0.25) is 14.9 Å². The lowest BCUT2D eigenvalue weighted by Crippen LogP contribution is -2.30. The number of non-ortho nitro benzene ring substituents is 1. The minimum absolute atomic E-state index is 0.0411. The number of amides is 1. The predicted molar refractivity (Wildman–Crippen MR) is 100 cm³/mol. The minimum atomic E-state index is -0.783. The van der Waals surface area contributed by atoms with E-state index in [0.717, 1.165) is 0 Å². The smallest absolute Gasteiger partial charge is 0.269 e. The van der Waals surface area contributed by atoms with Crippen LogP contribution in [-0.2, 0) is 9.53 Å². The number of nitrogens with zero attached hydrogens (tertiary/aromatic N) is 1. The van der Waals surface area contributed by atoms with Crippen LogP contribution >= 0.6 is 0 Å². The van der Waals surface area contributed by atoms with E-state index in [1.54, 1.807) is 31.2 Å². The third-order valence-electron chi connectivity index (χ3n) is 3.53. The molecule has 2 rings (SSSR count). The van der Waals surface area contributed by atoms with Crippen molar-refractivity contribution in [3.8, 4) is 11.5 Å². The van der Waals surface area contributed by atoms with Crippen molar-refractivity contribution in [1.29, 1.82) is 0 Å². The van der Waals surface area contributed by atoms with Gasteiger partial charge in [0.05, 0.1) is 11.5 Å². The molecule has 0 heterocycles. The molecule has 0 radical (unpaired) electrons. The summed E-state index contributed by atoms with van der Waals surface area (Å²) >= 11 is 0. The first-order valence-corrected chi connectivity index (χ1v) is 8.52. The fraction of sp³-hybridized carbons (Fsp3) is 0.316. The van der Waals surface area contributed by atoms with Gasteiger partial charge in [0.1, 0.15) is 18.1 Å². The SMILES string of the molecule is CCOCCOc1cccc(NC(=O)C(C)Oc2ccc([N+](=O)[O-])cc2)c1. The molecule has 1 unspecified atom stereocenters. The van der Waals surface area contributed by atoms with Gasteiger partial charge in [-0.1, -0.05) is 6.07 Å². The van der Waals surface area contributed by atoms with Crippen LogP contribution in [0.4, 0.5) is 11.4 Å². The number of ether oxygens (including phenoxy) is 3. The first kappa shape index (κ1) is 20.2. The Morgan fingerprint density at radius 3 is 2.56 bits per heavy atom. The van der Waals surface area contributed by atoms with E-state index >= 15 is 0 Å². The Labute approximate surface area is 157 Å². The predicted octanol–water partition coefficient (Wildman–Crippen LogP) is 3.42. The summed E-state index contributed by atoms with van der Waals surface area (Å²) in [5, 5.41) is 13.4. The largest absolute Gasteiger partial charge is 0.491 e. The van der Waals surface area contributed by atoms with Gasteiger partial charge in [0.25, 0.3) is 11.6 Å². The normalized spacial score (nSPS) is 11.5. The van der Waals surface area contributed by atoms with E-state index in [1.165, 1.54) is 24.3 Å². The van der Waals surface area contributed by atoms with Crippen molar-refractivity contribution < 1.29 is 23.9 Å². The Balaban J connectivity index is 1.89. The Kier molecular flexibility index (Phi) is 7.57. The Morgan fingerprint density at radius 2 is 1.89 bits per heavy atom. The number of anilines is 1. The summed E-state index contributed by atoms with van der Waals surface area (Å²) in [5.41, 5.74) is 0.536. The number of nitro benzene ring substituents is 1. The van der Waals surface area contributed by atoms with Crippen LogP contribution < -0.4 is 14.8 Å². The van der Waals surface area contributed by atoms with Gasteiger partial charge in [0, 0.05) is 30.5 Å². The van der Waals surface area contributed by atoms with Crippen LogP contribution in [0.15, 0.2) is 48.5 Å². The lowest BCUT2D eigenvalue weighted by Gasteiger charge is -2.15. The van der Waals surface area contributed by atoms with E-state index in [0.29, 0.717) is 37.0 Å². The van der Waals surface area contributed by atoms with E-state index in [2.05, 4.69) is 5.32 Å². The highest BCUT2D eigenvalue weighted by atomic mass is 16.6. The van der Waals surface area contributed by atoms with E-state index < -0.39 is 11.0 Å². The molecule has 0 aliphatic heterocycles. The molecule has 1 N–H and O–H groups in total. The molecule has 8 heteroatoms. The third-order valence-corrected chi connectivity index (χ3v) is 3.53. The maximum absolute atomic E-state index is 12.3. The molecule has 2 aromatic rings. The summed E-state index contributed by atoms with van der Waals surface area (Å²) in [6, 6.07) is 12.6. The molecule has 0 spiro atoms. The van der Waals surface area contributed by atoms with E-state index in [4.69, 9.17) is 14.2 Å². The maximum Gasteiger partial charge on any atom is 0.269 e.